The van der Waals surface area contributed by atoms with Gasteiger partial charge in [-0.25, -0.2) is 0 Å². The predicted octanol–water partition coefficient (Wildman–Crippen LogP) is 3.31. The summed E-state index contributed by atoms with van der Waals surface area (Å²) in [7, 11) is 0. The van der Waals surface area contributed by atoms with Gasteiger partial charge >= 0.3 is 0 Å². The van der Waals surface area contributed by atoms with E-state index in [-0.39, 0.29) is 29.5 Å². The summed E-state index contributed by atoms with van der Waals surface area (Å²) < 4.78 is 0. The number of amides is 1. The van der Waals surface area contributed by atoms with Gasteiger partial charge in [0.15, 0.2) is 0 Å². The van der Waals surface area contributed by atoms with Crippen LogP contribution < -0.4 is 10.9 Å². The number of H-pyrrole nitrogens is 1. The van der Waals surface area contributed by atoms with Crippen LogP contribution in [0.1, 0.15) is 62.4 Å². The average molecular weight is 395 g/mol. The topological polar surface area (TPSA) is 82.2 Å². The molecule has 2 heterocycles. The molecule has 1 fully saturated rings. The number of aliphatic hydroxyl groups excluding tert-OH is 1. The van der Waals surface area contributed by atoms with Gasteiger partial charge < -0.3 is 15.4 Å². The van der Waals surface area contributed by atoms with Crippen molar-refractivity contribution in [3.05, 3.63) is 75.2 Å². The Bertz CT molecular complexity index is 949. The lowest BCUT2D eigenvalue weighted by Crippen LogP contribution is -2.24. The highest BCUT2D eigenvalue weighted by Gasteiger charge is 2.21. The Labute approximate surface area is 171 Å². The summed E-state index contributed by atoms with van der Waals surface area (Å²) >= 11 is 0. The fraction of sp³-hybridized carbons (Fsp3) is 0.417. The van der Waals surface area contributed by atoms with Crippen molar-refractivity contribution in [2.45, 2.75) is 57.9 Å². The van der Waals surface area contributed by atoms with E-state index in [1.54, 1.807) is 0 Å². The van der Waals surface area contributed by atoms with Crippen molar-refractivity contribution in [1.82, 2.24) is 10.3 Å². The fourth-order valence-corrected chi connectivity index (χ4v) is 3.58. The molecule has 1 atom stereocenters. The molecule has 1 amide bonds. The Morgan fingerprint density at radius 3 is 2.41 bits per heavy atom. The highest BCUT2D eigenvalue weighted by molar-refractivity contribution is 5.82. The first-order valence-corrected chi connectivity index (χ1v) is 10.2. The van der Waals surface area contributed by atoms with Crippen molar-refractivity contribution in [2.24, 2.45) is 0 Å². The number of carbonyl (C=O) groups is 1. The number of aliphatic hydroxyl groups is 1. The summed E-state index contributed by atoms with van der Waals surface area (Å²) in [6.45, 7) is 6.59. The molecule has 5 nitrogen and oxygen atoms in total. The van der Waals surface area contributed by atoms with E-state index in [0.717, 1.165) is 23.3 Å². The van der Waals surface area contributed by atoms with E-state index in [9.17, 15) is 9.59 Å². The standard InChI is InChI=1S/C24H30N2O3/c1-24(2,3)18-9-6-16(7-10-18)20(15-19-11-13-22(28)25-19)21-12-8-17(5-4-14-27)23(29)26-21/h6-10,12,15,19,27H,4-5,11,13-14H2,1-3H3,(H,25,28)(H,26,29)/b20-15+/t19-/m1/s1. The van der Waals surface area contributed by atoms with Gasteiger partial charge in [0.1, 0.15) is 0 Å². The number of pyridine rings is 1. The fourth-order valence-electron chi connectivity index (χ4n) is 3.58. The number of nitrogens with one attached hydrogen (secondary N) is 2. The maximum atomic E-state index is 12.5. The molecule has 1 aliphatic heterocycles. The molecule has 3 N–H and O–H groups in total. The lowest BCUT2D eigenvalue weighted by atomic mass is 9.86. The number of carbonyl (C=O) groups excluding carboxylic acids is 1. The average Bonchev–Trinajstić information content (AvgIpc) is 3.09. The van der Waals surface area contributed by atoms with Gasteiger partial charge in [0.25, 0.3) is 5.56 Å². The molecule has 3 rings (SSSR count). The zero-order chi connectivity index (χ0) is 21.0. The van der Waals surface area contributed by atoms with Crippen molar-refractivity contribution in [1.29, 1.82) is 0 Å². The van der Waals surface area contributed by atoms with Crippen LogP contribution in [0.4, 0.5) is 0 Å². The first kappa shape index (κ1) is 21.1. The van der Waals surface area contributed by atoms with Crippen LogP contribution in [0.5, 0.6) is 0 Å². The number of aromatic nitrogens is 1. The highest BCUT2D eigenvalue weighted by atomic mass is 16.3. The van der Waals surface area contributed by atoms with Crippen molar-refractivity contribution < 1.29 is 9.90 Å². The van der Waals surface area contributed by atoms with E-state index < -0.39 is 0 Å². The number of aromatic amines is 1. The van der Waals surface area contributed by atoms with Crippen molar-refractivity contribution in [2.75, 3.05) is 6.61 Å². The molecule has 154 valence electrons. The number of hydrogen-bond acceptors (Lipinski definition) is 3. The SMILES string of the molecule is CC(C)(C)c1ccc(/C(=C\[C@H]2CCC(=O)N2)c2ccc(CCCO)c(=O)[nH]2)cc1. The van der Waals surface area contributed by atoms with Gasteiger partial charge in [-0.2, -0.15) is 0 Å². The summed E-state index contributed by atoms with van der Waals surface area (Å²) in [5.41, 5.74) is 4.46. The monoisotopic (exact) mass is 394 g/mol. The number of benzene rings is 1. The second-order valence-corrected chi connectivity index (χ2v) is 8.67. The van der Waals surface area contributed by atoms with E-state index in [0.29, 0.717) is 24.8 Å². The van der Waals surface area contributed by atoms with Crippen LogP contribution in [0.3, 0.4) is 0 Å². The molecule has 0 aliphatic carbocycles. The lowest BCUT2D eigenvalue weighted by Gasteiger charge is -2.20. The van der Waals surface area contributed by atoms with Gasteiger partial charge in [-0.1, -0.05) is 57.2 Å². The number of rotatable bonds is 6. The summed E-state index contributed by atoms with van der Waals surface area (Å²) in [5, 5.41) is 12.0. The number of hydrogen-bond donors (Lipinski definition) is 3. The Morgan fingerprint density at radius 2 is 1.86 bits per heavy atom. The van der Waals surface area contributed by atoms with Gasteiger partial charge in [-0.15, -0.1) is 0 Å². The molecule has 1 aromatic heterocycles. The minimum Gasteiger partial charge on any atom is -0.396 e. The molecule has 1 saturated heterocycles. The summed E-state index contributed by atoms with van der Waals surface area (Å²) in [6, 6.07) is 12.1. The molecule has 0 unspecified atom stereocenters. The third kappa shape index (κ3) is 5.24. The molecule has 29 heavy (non-hydrogen) atoms. The molecular formula is C24H30N2O3. The predicted molar refractivity (Wildman–Crippen MR) is 116 cm³/mol. The van der Waals surface area contributed by atoms with E-state index in [1.807, 2.05) is 18.2 Å². The molecule has 0 saturated carbocycles. The Morgan fingerprint density at radius 1 is 1.14 bits per heavy atom. The quantitative estimate of drug-likeness (QED) is 0.703. The van der Waals surface area contributed by atoms with Gasteiger partial charge in [0, 0.05) is 35.9 Å². The molecular weight excluding hydrogens is 364 g/mol. The van der Waals surface area contributed by atoms with Crippen molar-refractivity contribution >= 4 is 11.5 Å². The van der Waals surface area contributed by atoms with Crippen LogP contribution in [-0.2, 0) is 16.6 Å². The molecule has 2 aromatic rings. The lowest BCUT2D eigenvalue weighted by molar-refractivity contribution is -0.119. The minimum absolute atomic E-state index is 0.0441. The third-order valence-electron chi connectivity index (χ3n) is 5.34. The maximum Gasteiger partial charge on any atom is 0.251 e. The second-order valence-electron chi connectivity index (χ2n) is 8.67. The number of aryl methyl sites for hydroxylation is 1. The molecule has 1 aliphatic rings. The van der Waals surface area contributed by atoms with Gasteiger partial charge in [0.2, 0.25) is 5.91 Å². The molecule has 5 heteroatoms. The molecule has 1 aromatic carbocycles. The van der Waals surface area contributed by atoms with Crippen molar-refractivity contribution in [3.63, 3.8) is 0 Å². The Balaban J connectivity index is 2.00. The largest absolute Gasteiger partial charge is 0.396 e. The van der Waals surface area contributed by atoms with Crippen LogP contribution in [0.25, 0.3) is 5.57 Å². The zero-order valence-electron chi connectivity index (χ0n) is 17.4. The molecule has 0 radical (unpaired) electrons. The van der Waals surface area contributed by atoms with Gasteiger partial charge in [-0.3, -0.25) is 9.59 Å². The normalized spacial score (nSPS) is 17.4. The Hall–Kier alpha value is -2.66. The van der Waals surface area contributed by atoms with Crippen LogP contribution >= 0.6 is 0 Å². The van der Waals surface area contributed by atoms with Crippen LogP contribution in [-0.4, -0.2) is 28.6 Å². The highest BCUT2D eigenvalue weighted by Crippen LogP contribution is 2.28. The van der Waals surface area contributed by atoms with Gasteiger partial charge in [-0.05, 0) is 41.9 Å². The molecule has 0 spiro atoms. The Kier molecular flexibility index (Phi) is 6.38. The van der Waals surface area contributed by atoms with Gasteiger partial charge in [0.05, 0.1) is 0 Å². The third-order valence-corrected chi connectivity index (χ3v) is 5.34. The van der Waals surface area contributed by atoms with Crippen LogP contribution in [0.2, 0.25) is 0 Å². The zero-order valence-corrected chi connectivity index (χ0v) is 17.4. The van der Waals surface area contributed by atoms with E-state index in [2.05, 4.69) is 55.3 Å². The first-order valence-electron chi connectivity index (χ1n) is 10.2. The summed E-state index contributed by atoms with van der Waals surface area (Å²) in [6.07, 6.45) is 4.42. The maximum absolute atomic E-state index is 12.5. The van der Waals surface area contributed by atoms with Crippen LogP contribution in [0.15, 0.2) is 47.3 Å². The summed E-state index contributed by atoms with van der Waals surface area (Å²) in [4.78, 5) is 27.2. The summed E-state index contributed by atoms with van der Waals surface area (Å²) in [5.74, 6) is 0.0570. The van der Waals surface area contributed by atoms with Crippen LogP contribution in [0, 0.1) is 0 Å². The van der Waals surface area contributed by atoms with E-state index in [4.69, 9.17) is 5.11 Å². The second kappa shape index (κ2) is 8.78. The minimum atomic E-state index is -0.136. The smallest absolute Gasteiger partial charge is 0.251 e. The van der Waals surface area contributed by atoms with Crippen molar-refractivity contribution in [3.8, 4) is 0 Å². The molecule has 0 bridgehead atoms. The van der Waals surface area contributed by atoms with E-state index >= 15 is 0 Å². The first-order chi connectivity index (χ1) is 13.8. The van der Waals surface area contributed by atoms with E-state index in [1.165, 1.54) is 5.56 Å².